The Hall–Kier alpha value is -1.15. The van der Waals surface area contributed by atoms with Crippen LogP contribution >= 0.6 is 0 Å². The number of rotatable bonds is 8. The second kappa shape index (κ2) is 7.44. The maximum absolute atomic E-state index is 12.2. The topological polar surface area (TPSA) is 84.9 Å². The summed E-state index contributed by atoms with van der Waals surface area (Å²) in [4.78, 5) is 0.117. The molecule has 0 aliphatic heterocycles. The van der Waals surface area contributed by atoms with Crippen LogP contribution in [0, 0.1) is 0 Å². The third-order valence-corrected chi connectivity index (χ3v) is 4.04. The molecule has 0 saturated heterocycles. The number of sulfonamides is 1. The zero-order valence-corrected chi connectivity index (χ0v) is 11.8. The first-order chi connectivity index (χ1) is 9.03. The van der Waals surface area contributed by atoms with E-state index in [0.717, 1.165) is 0 Å². The molecule has 0 aliphatic rings. The van der Waals surface area contributed by atoms with Gasteiger partial charge in [0.15, 0.2) is 0 Å². The number of methoxy groups -OCH3 is 2. The average Bonchev–Trinajstić information content (AvgIpc) is 2.39. The van der Waals surface area contributed by atoms with Gasteiger partial charge in [0, 0.05) is 25.8 Å². The number of hydrogen-bond donors (Lipinski definition) is 2. The van der Waals surface area contributed by atoms with Crippen molar-refractivity contribution in [1.82, 2.24) is 4.72 Å². The van der Waals surface area contributed by atoms with Gasteiger partial charge in [-0.25, -0.2) is 13.1 Å². The molecule has 7 heteroatoms. The van der Waals surface area contributed by atoms with Crippen LogP contribution in [0.3, 0.4) is 0 Å². The lowest BCUT2D eigenvalue weighted by Crippen LogP contribution is -2.38. The van der Waals surface area contributed by atoms with Gasteiger partial charge in [0.2, 0.25) is 10.0 Å². The maximum Gasteiger partial charge on any atom is 0.241 e. The molecule has 0 fully saturated rings. The van der Waals surface area contributed by atoms with E-state index in [2.05, 4.69) is 4.72 Å². The van der Waals surface area contributed by atoms with Gasteiger partial charge >= 0.3 is 0 Å². The second-order valence-corrected chi connectivity index (χ2v) is 5.68. The Bertz CT molecular complexity index is 483. The molecule has 1 aromatic rings. The molecule has 1 unspecified atom stereocenters. The molecule has 19 heavy (non-hydrogen) atoms. The highest BCUT2D eigenvalue weighted by atomic mass is 32.2. The van der Waals surface area contributed by atoms with Crippen molar-refractivity contribution in [2.75, 3.05) is 27.4 Å². The van der Waals surface area contributed by atoms with Crippen molar-refractivity contribution in [1.29, 1.82) is 0 Å². The van der Waals surface area contributed by atoms with E-state index < -0.39 is 16.1 Å². The Morgan fingerprint density at radius 2 is 2.11 bits per heavy atom. The van der Waals surface area contributed by atoms with Crippen molar-refractivity contribution < 1.29 is 23.0 Å². The van der Waals surface area contributed by atoms with Crippen molar-refractivity contribution in [3.8, 4) is 5.75 Å². The van der Waals surface area contributed by atoms with Gasteiger partial charge in [-0.2, -0.15) is 0 Å². The molecular weight excluding hydrogens is 270 g/mol. The van der Waals surface area contributed by atoms with E-state index in [4.69, 9.17) is 14.6 Å². The highest BCUT2D eigenvalue weighted by molar-refractivity contribution is 7.89. The van der Waals surface area contributed by atoms with E-state index in [1.54, 1.807) is 12.1 Å². The summed E-state index contributed by atoms with van der Waals surface area (Å²) >= 11 is 0. The van der Waals surface area contributed by atoms with Gasteiger partial charge in [0.1, 0.15) is 5.75 Å². The first kappa shape index (κ1) is 15.9. The van der Waals surface area contributed by atoms with Crippen LogP contribution in [0.25, 0.3) is 0 Å². The Kier molecular flexibility index (Phi) is 6.23. The summed E-state index contributed by atoms with van der Waals surface area (Å²) < 4.78 is 36.7. The molecule has 0 amide bonds. The second-order valence-electron chi connectivity index (χ2n) is 3.96. The minimum Gasteiger partial charge on any atom is -0.497 e. The van der Waals surface area contributed by atoms with Crippen LogP contribution in [0.5, 0.6) is 5.75 Å². The summed E-state index contributed by atoms with van der Waals surface area (Å²) in [6.45, 7) is 0.0818. The maximum atomic E-state index is 12.2. The molecule has 1 rings (SSSR count). The molecular formula is C12H19NO5S. The van der Waals surface area contributed by atoms with Gasteiger partial charge in [-0.1, -0.05) is 6.07 Å². The van der Waals surface area contributed by atoms with Gasteiger partial charge in [-0.05, 0) is 18.6 Å². The van der Waals surface area contributed by atoms with E-state index in [1.165, 1.54) is 26.4 Å². The molecule has 108 valence electrons. The molecule has 2 N–H and O–H groups in total. The molecule has 0 spiro atoms. The standard InChI is InChI=1S/C12H19NO5S/c1-17-9-10(6-7-14)13-19(15,16)12-5-3-4-11(8-12)18-2/h3-5,8,10,13-14H,6-7,9H2,1-2H3. The first-order valence-electron chi connectivity index (χ1n) is 5.79. The molecule has 6 nitrogen and oxygen atoms in total. The van der Waals surface area contributed by atoms with Crippen LogP contribution in [0.2, 0.25) is 0 Å². The largest absolute Gasteiger partial charge is 0.497 e. The minimum absolute atomic E-state index is 0.116. The van der Waals surface area contributed by atoms with Gasteiger partial charge < -0.3 is 14.6 Å². The van der Waals surface area contributed by atoms with Gasteiger partial charge in [0.05, 0.1) is 18.6 Å². The van der Waals surface area contributed by atoms with E-state index in [-0.39, 0.29) is 24.5 Å². The SMILES string of the molecule is COCC(CCO)NS(=O)(=O)c1cccc(OC)c1. The summed E-state index contributed by atoms with van der Waals surface area (Å²) in [7, 11) is -0.710. The third-order valence-electron chi connectivity index (χ3n) is 2.52. The predicted octanol–water partition coefficient (Wildman–Crippen LogP) is 0.371. The highest BCUT2D eigenvalue weighted by Crippen LogP contribution is 2.17. The van der Waals surface area contributed by atoms with Gasteiger partial charge in [0.25, 0.3) is 0 Å². The lowest BCUT2D eigenvalue weighted by Gasteiger charge is -2.17. The number of benzene rings is 1. The van der Waals surface area contributed by atoms with Crippen molar-refractivity contribution in [3.05, 3.63) is 24.3 Å². The Balaban J connectivity index is 2.89. The third kappa shape index (κ3) is 4.79. The molecule has 0 aromatic heterocycles. The number of aliphatic hydroxyl groups excluding tert-OH is 1. The fourth-order valence-corrected chi connectivity index (χ4v) is 2.88. The Morgan fingerprint density at radius 1 is 1.37 bits per heavy atom. The normalized spacial score (nSPS) is 13.2. The summed E-state index contributed by atoms with van der Waals surface area (Å²) in [6, 6.07) is 5.72. The molecule has 0 saturated carbocycles. The zero-order valence-electron chi connectivity index (χ0n) is 11.0. The van der Waals surface area contributed by atoms with E-state index in [9.17, 15) is 8.42 Å². The number of aliphatic hydroxyl groups is 1. The number of hydrogen-bond acceptors (Lipinski definition) is 5. The minimum atomic E-state index is -3.66. The number of ether oxygens (including phenoxy) is 2. The summed E-state index contributed by atoms with van der Waals surface area (Å²) in [5.74, 6) is 0.466. The fourth-order valence-electron chi connectivity index (χ4n) is 1.59. The lowest BCUT2D eigenvalue weighted by atomic mass is 10.2. The van der Waals surface area contributed by atoms with Gasteiger partial charge in [-0.15, -0.1) is 0 Å². The van der Waals surface area contributed by atoms with Crippen molar-refractivity contribution in [3.63, 3.8) is 0 Å². The summed E-state index contributed by atoms with van der Waals surface area (Å²) in [5.41, 5.74) is 0. The van der Waals surface area contributed by atoms with Crippen LogP contribution in [0.4, 0.5) is 0 Å². The monoisotopic (exact) mass is 289 g/mol. The lowest BCUT2D eigenvalue weighted by molar-refractivity contribution is 0.158. The van der Waals surface area contributed by atoms with E-state index in [0.29, 0.717) is 5.75 Å². The van der Waals surface area contributed by atoms with Crippen molar-refractivity contribution >= 4 is 10.0 Å². The Labute approximate surface area is 113 Å². The highest BCUT2D eigenvalue weighted by Gasteiger charge is 2.20. The predicted molar refractivity (Wildman–Crippen MR) is 70.7 cm³/mol. The first-order valence-corrected chi connectivity index (χ1v) is 7.28. The number of nitrogens with one attached hydrogen (secondary N) is 1. The molecule has 1 aromatic carbocycles. The fraction of sp³-hybridized carbons (Fsp3) is 0.500. The molecule has 0 bridgehead atoms. The van der Waals surface area contributed by atoms with Crippen molar-refractivity contribution in [2.45, 2.75) is 17.4 Å². The van der Waals surface area contributed by atoms with Gasteiger partial charge in [-0.3, -0.25) is 0 Å². The quantitative estimate of drug-likeness (QED) is 0.722. The molecule has 0 heterocycles. The smallest absolute Gasteiger partial charge is 0.241 e. The van der Waals surface area contributed by atoms with Crippen LogP contribution in [0.15, 0.2) is 29.2 Å². The zero-order chi connectivity index (χ0) is 14.3. The summed E-state index contributed by atoms with van der Waals surface area (Å²) in [6.07, 6.45) is 0.289. The molecule has 0 aliphatic carbocycles. The average molecular weight is 289 g/mol. The van der Waals surface area contributed by atoms with E-state index >= 15 is 0 Å². The van der Waals surface area contributed by atoms with Crippen LogP contribution in [0.1, 0.15) is 6.42 Å². The van der Waals surface area contributed by atoms with Crippen LogP contribution in [-0.2, 0) is 14.8 Å². The van der Waals surface area contributed by atoms with Crippen LogP contribution < -0.4 is 9.46 Å². The van der Waals surface area contributed by atoms with Crippen LogP contribution in [-0.4, -0.2) is 47.0 Å². The molecule has 0 radical (unpaired) electrons. The Morgan fingerprint density at radius 3 is 2.68 bits per heavy atom. The molecule has 1 atom stereocenters. The van der Waals surface area contributed by atoms with Crippen molar-refractivity contribution in [2.24, 2.45) is 0 Å². The van der Waals surface area contributed by atoms with E-state index in [1.807, 2.05) is 0 Å². The summed E-state index contributed by atoms with van der Waals surface area (Å²) in [5, 5.41) is 8.90.